The van der Waals surface area contributed by atoms with Crippen LogP contribution in [0.5, 0.6) is 11.5 Å². The van der Waals surface area contributed by atoms with E-state index < -0.39 is 0 Å². The molecule has 0 atom stereocenters. The van der Waals surface area contributed by atoms with Crippen molar-refractivity contribution in [3.05, 3.63) is 48.0 Å². The molecule has 1 fully saturated rings. The Morgan fingerprint density at radius 2 is 1.57 bits per heavy atom. The SMILES string of the molecule is CC(=O)Nc1ccc(N2CCN(C(=O)c3ccc4c(c3)OCCO4)CC2)cc1. The summed E-state index contributed by atoms with van der Waals surface area (Å²) in [6.45, 7) is 5.36. The number of benzene rings is 2. The molecule has 0 radical (unpaired) electrons. The molecule has 0 saturated carbocycles. The van der Waals surface area contributed by atoms with E-state index in [-0.39, 0.29) is 11.8 Å². The van der Waals surface area contributed by atoms with Gasteiger partial charge >= 0.3 is 0 Å². The Hall–Kier alpha value is -3.22. The fraction of sp³-hybridized carbons (Fsp3) is 0.333. The average Bonchev–Trinajstić information content (AvgIpc) is 2.73. The zero-order chi connectivity index (χ0) is 19.5. The summed E-state index contributed by atoms with van der Waals surface area (Å²) in [6, 6.07) is 13.1. The quantitative estimate of drug-likeness (QED) is 0.884. The Morgan fingerprint density at radius 3 is 2.25 bits per heavy atom. The molecule has 7 nitrogen and oxygen atoms in total. The van der Waals surface area contributed by atoms with Gasteiger partial charge in [-0.15, -0.1) is 0 Å². The molecule has 0 unspecified atom stereocenters. The number of amides is 2. The van der Waals surface area contributed by atoms with Crippen LogP contribution in [0.15, 0.2) is 42.5 Å². The van der Waals surface area contributed by atoms with E-state index in [9.17, 15) is 9.59 Å². The van der Waals surface area contributed by atoms with E-state index in [0.717, 1.165) is 24.5 Å². The van der Waals surface area contributed by atoms with Crippen LogP contribution in [0.25, 0.3) is 0 Å². The van der Waals surface area contributed by atoms with E-state index in [2.05, 4.69) is 10.2 Å². The number of carbonyl (C=O) groups is 2. The van der Waals surface area contributed by atoms with E-state index in [1.807, 2.05) is 29.2 Å². The van der Waals surface area contributed by atoms with Crippen LogP contribution in [-0.4, -0.2) is 56.1 Å². The number of nitrogens with zero attached hydrogens (tertiary/aromatic N) is 2. The van der Waals surface area contributed by atoms with Gasteiger partial charge in [-0.1, -0.05) is 0 Å². The van der Waals surface area contributed by atoms with Crippen LogP contribution in [-0.2, 0) is 4.79 Å². The number of anilines is 2. The highest BCUT2D eigenvalue weighted by molar-refractivity contribution is 5.95. The number of nitrogens with one attached hydrogen (secondary N) is 1. The molecular weight excluding hydrogens is 358 g/mol. The molecule has 2 aliphatic rings. The lowest BCUT2D eigenvalue weighted by Crippen LogP contribution is -2.48. The van der Waals surface area contributed by atoms with Gasteiger partial charge in [0.1, 0.15) is 13.2 Å². The highest BCUT2D eigenvalue weighted by Gasteiger charge is 2.24. The number of ether oxygens (including phenoxy) is 2. The monoisotopic (exact) mass is 381 g/mol. The first-order valence-corrected chi connectivity index (χ1v) is 9.42. The highest BCUT2D eigenvalue weighted by Crippen LogP contribution is 2.31. The molecular formula is C21H23N3O4. The largest absolute Gasteiger partial charge is 0.486 e. The maximum atomic E-state index is 12.8. The van der Waals surface area contributed by atoms with Crippen LogP contribution >= 0.6 is 0 Å². The van der Waals surface area contributed by atoms with E-state index in [0.29, 0.717) is 43.4 Å². The third-order valence-electron chi connectivity index (χ3n) is 4.91. The van der Waals surface area contributed by atoms with Gasteiger partial charge in [-0.3, -0.25) is 9.59 Å². The van der Waals surface area contributed by atoms with Crippen LogP contribution in [0.2, 0.25) is 0 Å². The second-order valence-corrected chi connectivity index (χ2v) is 6.87. The number of carbonyl (C=O) groups excluding carboxylic acids is 2. The fourth-order valence-corrected chi connectivity index (χ4v) is 3.49. The summed E-state index contributed by atoms with van der Waals surface area (Å²) >= 11 is 0. The van der Waals surface area contributed by atoms with Crippen LogP contribution in [0, 0.1) is 0 Å². The van der Waals surface area contributed by atoms with Gasteiger partial charge in [0.15, 0.2) is 11.5 Å². The van der Waals surface area contributed by atoms with Crippen molar-refractivity contribution < 1.29 is 19.1 Å². The summed E-state index contributed by atoms with van der Waals surface area (Å²) in [6.07, 6.45) is 0. The molecule has 0 aliphatic carbocycles. The molecule has 2 heterocycles. The molecule has 146 valence electrons. The first-order chi connectivity index (χ1) is 13.6. The Balaban J connectivity index is 1.37. The van der Waals surface area contributed by atoms with Crippen LogP contribution in [0.3, 0.4) is 0 Å². The highest BCUT2D eigenvalue weighted by atomic mass is 16.6. The van der Waals surface area contributed by atoms with Crippen LogP contribution in [0.4, 0.5) is 11.4 Å². The molecule has 0 aromatic heterocycles. The van der Waals surface area contributed by atoms with Crippen LogP contribution < -0.4 is 19.7 Å². The zero-order valence-corrected chi connectivity index (χ0v) is 15.8. The minimum Gasteiger partial charge on any atom is -0.486 e. The van der Waals surface area contributed by atoms with E-state index in [1.165, 1.54) is 6.92 Å². The molecule has 2 aromatic carbocycles. The van der Waals surface area contributed by atoms with Crippen molar-refractivity contribution in [2.24, 2.45) is 0 Å². The first kappa shape index (κ1) is 18.2. The number of piperazine rings is 1. The molecule has 0 bridgehead atoms. The van der Waals surface area contributed by atoms with Gasteiger partial charge < -0.3 is 24.6 Å². The second kappa shape index (κ2) is 7.80. The predicted molar refractivity (Wildman–Crippen MR) is 106 cm³/mol. The predicted octanol–water partition coefficient (Wildman–Crippen LogP) is 2.38. The number of rotatable bonds is 3. The van der Waals surface area contributed by atoms with Crippen molar-refractivity contribution in [3.63, 3.8) is 0 Å². The molecule has 1 N–H and O–H groups in total. The minimum absolute atomic E-state index is 0.0117. The number of hydrogen-bond acceptors (Lipinski definition) is 5. The van der Waals surface area contributed by atoms with E-state index >= 15 is 0 Å². The maximum absolute atomic E-state index is 12.8. The van der Waals surface area contributed by atoms with Crippen LogP contribution in [0.1, 0.15) is 17.3 Å². The Labute approximate surface area is 163 Å². The molecule has 1 saturated heterocycles. The van der Waals surface area contributed by atoms with Crippen molar-refractivity contribution in [1.29, 1.82) is 0 Å². The van der Waals surface area contributed by atoms with Crippen molar-refractivity contribution in [3.8, 4) is 11.5 Å². The average molecular weight is 381 g/mol. The topological polar surface area (TPSA) is 71.1 Å². The second-order valence-electron chi connectivity index (χ2n) is 6.87. The molecule has 2 aliphatic heterocycles. The Morgan fingerprint density at radius 1 is 0.893 bits per heavy atom. The third kappa shape index (κ3) is 3.88. The summed E-state index contributed by atoms with van der Waals surface area (Å²) in [5.74, 6) is 1.25. The van der Waals surface area contributed by atoms with Crippen molar-refractivity contribution in [2.75, 3.05) is 49.6 Å². The molecule has 7 heteroatoms. The minimum atomic E-state index is -0.0842. The van der Waals surface area contributed by atoms with E-state index in [1.54, 1.807) is 18.2 Å². The lowest BCUT2D eigenvalue weighted by atomic mass is 10.1. The maximum Gasteiger partial charge on any atom is 0.254 e. The van der Waals surface area contributed by atoms with Crippen molar-refractivity contribution >= 4 is 23.2 Å². The number of fused-ring (bicyclic) bond motifs is 1. The summed E-state index contributed by atoms with van der Waals surface area (Å²) in [4.78, 5) is 28.1. The summed E-state index contributed by atoms with van der Waals surface area (Å²) in [5.41, 5.74) is 2.49. The van der Waals surface area contributed by atoms with Crippen molar-refractivity contribution in [1.82, 2.24) is 4.90 Å². The van der Waals surface area contributed by atoms with Gasteiger partial charge in [0.05, 0.1) is 0 Å². The smallest absolute Gasteiger partial charge is 0.254 e. The van der Waals surface area contributed by atoms with Gasteiger partial charge in [0, 0.05) is 50.0 Å². The summed E-state index contributed by atoms with van der Waals surface area (Å²) in [5, 5.41) is 2.77. The summed E-state index contributed by atoms with van der Waals surface area (Å²) < 4.78 is 11.1. The molecule has 4 rings (SSSR count). The van der Waals surface area contributed by atoms with Crippen molar-refractivity contribution in [2.45, 2.75) is 6.92 Å². The van der Waals surface area contributed by atoms with Gasteiger partial charge in [-0.25, -0.2) is 0 Å². The molecule has 2 aromatic rings. The Bertz CT molecular complexity index is 874. The zero-order valence-electron chi connectivity index (χ0n) is 15.8. The van der Waals surface area contributed by atoms with E-state index in [4.69, 9.17) is 9.47 Å². The lowest BCUT2D eigenvalue weighted by Gasteiger charge is -2.36. The van der Waals surface area contributed by atoms with Gasteiger partial charge in [0.2, 0.25) is 5.91 Å². The van der Waals surface area contributed by atoms with Gasteiger partial charge in [0.25, 0.3) is 5.91 Å². The fourth-order valence-electron chi connectivity index (χ4n) is 3.49. The Kier molecular flexibility index (Phi) is 5.06. The standard InChI is InChI=1S/C21H23N3O4/c1-15(25)22-17-3-5-18(6-4-17)23-8-10-24(11-9-23)21(26)16-2-7-19-20(14-16)28-13-12-27-19/h2-7,14H,8-13H2,1H3,(H,22,25). The molecule has 2 amide bonds. The first-order valence-electron chi connectivity index (χ1n) is 9.42. The molecule has 0 spiro atoms. The normalized spacial score (nSPS) is 15.9. The number of hydrogen-bond donors (Lipinski definition) is 1. The van der Waals surface area contributed by atoms with Gasteiger partial charge in [-0.2, -0.15) is 0 Å². The summed E-state index contributed by atoms with van der Waals surface area (Å²) in [7, 11) is 0. The third-order valence-corrected chi connectivity index (χ3v) is 4.91. The molecule has 28 heavy (non-hydrogen) atoms. The van der Waals surface area contributed by atoms with Gasteiger partial charge in [-0.05, 0) is 42.5 Å². The lowest BCUT2D eigenvalue weighted by molar-refractivity contribution is -0.114.